The summed E-state index contributed by atoms with van der Waals surface area (Å²) < 4.78 is 0. The Labute approximate surface area is 74.1 Å². The van der Waals surface area contributed by atoms with Crippen LogP contribution in [0.4, 0.5) is 0 Å². The molecule has 0 saturated heterocycles. The molecule has 0 radical (unpaired) electrons. The van der Waals surface area contributed by atoms with Gasteiger partial charge in [-0.15, -0.1) is 0 Å². The van der Waals surface area contributed by atoms with Crippen LogP contribution in [-0.2, 0) is 0 Å². The summed E-state index contributed by atoms with van der Waals surface area (Å²) in [4.78, 5) is 3.89. The minimum atomic E-state index is 0.207. The van der Waals surface area contributed by atoms with E-state index in [1.54, 1.807) is 23.6 Å². The van der Waals surface area contributed by atoms with Gasteiger partial charge in [0.15, 0.2) is 0 Å². The molecule has 0 aromatic carbocycles. The number of thiophene rings is 1. The standard InChI is InChI=1S/C9H7NOS/c11-9-3-8(4-10-5-9)7-1-2-12-6-7/h1-6,11H. The zero-order chi connectivity index (χ0) is 8.39. The molecule has 3 heteroatoms. The average Bonchev–Trinajstić information content (AvgIpc) is 2.56. The molecule has 2 heterocycles. The highest BCUT2D eigenvalue weighted by Crippen LogP contribution is 2.23. The Morgan fingerprint density at radius 1 is 1.25 bits per heavy atom. The molecule has 2 rings (SSSR count). The fraction of sp³-hybridized carbons (Fsp3) is 0. The predicted octanol–water partition coefficient (Wildman–Crippen LogP) is 2.52. The fourth-order valence-electron chi connectivity index (χ4n) is 1.01. The van der Waals surface area contributed by atoms with Crippen molar-refractivity contribution in [1.29, 1.82) is 0 Å². The first-order valence-electron chi connectivity index (χ1n) is 3.53. The maximum Gasteiger partial charge on any atom is 0.134 e. The van der Waals surface area contributed by atoms with Gasteiger partial charge in [-0.2, -0.15) is 11.3 Å². The summed E-state index contributed by atoms with van der Waals surface area (Å²) in [7, 11) is 0. The van der Waals surface area contributed by atoms with Crippen LogP contribution in [0.1, 0.15) is 0 Å². The van der Waals surface area contributed by atoms with Crippen molar-refractivity contribution < 1.29 is 5.11 Å². The maximum absolute atomic E-state index is 9.15. The van der Waals surface area contributed by atoms with Gasteiger partial charge in [0.1, 0.15) is 5.75 Å². The quantitative estimate of drug-likeness (QED) is 0.726. The molecule has 0 spiro atoms. The van der Waals surface area contributed by atoms with Gasteiger partial charge in [-0.25, -0.2) is 0 Å². The molecule has 0 bridgehead atoms. The number of pyridine rings is 1. The minimum absolute atomic E-state index is 0.207. The normalized spacial score (nSPS) is 10.0. The lowest BCUT2D eigenvalue weighted by Crippen LogP contribution is -1.75. The molecule has 0 saturated carbocycles. The van der Waals surface area contributed by atoms with E-state index in [-0.39, 0.29) is 5.75 Å². The Bertz CT molecular complexity index is 370. The molecule has 0 aliphatic rings. The summed E-state index contributed by atoms with van der Waals surface area (Å²) >= 11 is 1.63. The molecule has 0 aliphatic carbocycles. The summed E-state index contributed by atoms with van der Waals surface area (Å²) in [6.07, 6.45) is 3.16. The number of rotatable bonds is 1. The van der Waals surface area contributed by atoms with E-state index in [0.717, 1.165) is 11.1 Å². The summed E-state index contributed by atoms with van der Waals surface area (Å²) in [5, 5.41) is 13.2. The smallest absolute Gasteiger partial charge is 0.134 e. The van der Waals surface area contributed by atoms with E-state index >= 15 is 0 Å². The molecular formula is C9H7NOS. The van der Waals surface area contributed by atoms with Crippen LogP contribution >= 0.6 is 11.3 Å². The number of hydrogen-bond acceptors (Lipinski definition) is 3. The van der Waals surface area contributed by atoms with Crippen LogP contribution in [0, 0.1) is 0 Å². The average molecular weight is 177 g/mol. The third kappa shape index (κ3) is 1.31. The SMILES string of the molecule is Oc1cncc(-c2ccsc2)c1. The van der Waals surface area contributed by atoms with Gasteiger partial charge >= 0.3 is 0 Å². The van der Waals surface area contributed by atoms with Crippen LogP contribution in [0.3, 0.4) is 0 Å². The summed E-state index contributed by atoms with van der Waals surface area (Å²) in [5.74, 6) is 0.207. The topological polar surface area (TPSA) is 33.1 Å². The van der Waals surface area contributed by atoms with E-state index in [1.807, 2.05) is 16.8 Å². The van der Waals surface area contributed by atoms with Gasteiger partial charge in [-0.05, 0) is 28.5 Å². The molecule has 0 amide bonds. The van der Waals surface area contributed by atoms with E-state index in [0.29, 0.717) is 0 Å². The highest BCUT2D eigenvalue weighted by atomic mass is 32.1. The molecule has 0 atom stereocenters. The number of nitrogens with zero attached hydrogens (tertiary/aromatic N) is 1. The summed E-state index contributed by atoms with van der Waals surface area (Å²) in [5.41, 5.74) is 2.06. The second-order valence-electron chi connectivity index (χ2n) is 2.44. The van der Waals surface area contributed by atoms with E-state index in [2.05, 4.69) is 4.98 Å². The molecular weight excluding hydrogens is 170 g/mol. The van der Waals surface area contributed by atoms with Gasteiger partial charge < -0.3 is 5.11 Å². The van der Waals surface area contributed by atoms with Crippen LogP contribution in [-0.4, -0.2) is 10.1 Å². The van der Waals surface area contributed by atoms with Gasteiger partial charge in [0, 0.05) is 11.8 Å². The van der Waals surface area contributed by atoms with Crippen LogP contribution < -0.4 is 0 Å². The zero-order valence-corrected chi connectivity index (χ0v) is 7.08. The minimum Gasteiger partial charge on any atom is -0.506 e. The fourth-order valence-corrected chi connectivity index (χ4v) is 1.68. The van der Waals surface area contributed by atoms with Crippen molar-refractivity contribution in [3.63, 3.8) is 0 Å². The molecule has 12 heavy (non-hydrogen) atoms. The van der Waals surface area contributed by atoms with Gasteiger partial charge in [0.25, 0.3) is 0 Å². The lowest BCUT2D eigenvalue weighted by molar-refractivity contribution is 0.473. The first-order valence-corrected chi connectivity index (χ1v) is 4.47. The van der Waals surface area contributed by atoms with E-state index in [9.17, 15) is 0 Å². The van der Waals surface area contributed by atoms with Gasteiger partial charge in [-0.3, -0.25) is 4.98 Å². The largest absolute Gasteiger partial charge is 0.506 e. The van der Waals surface area contributed by atoms with Crippen LogP contribution in [0.15, 0.2) is 35.3 Å². The Morgan fingerprint density at radius 3 is 2.83 bits per heavy atom. The Morgan fingerprint density at radius 2 is 2.17 bits per heavy atom. The van der Waals surface area contributed by atoms with Crippen molar-refractivity contribution in [3.05, 3.63) is 35.3 Å². The van der Waals surface area contributed by atoms with Gasteiger partial charge in [0.05, 0.1) is 6.20 Å². The van der Waals surface area contributed by atoms with Crippen LogP contribution in [0.25, 0.3) is 11.1 Å². The number of aromatic nitrogens is 1. The van der Waals surface area contributed by atoms with Gasteiger partial charge in [-0.1, -0.05) is 0 Å². The second kappa shape index (κ2) is 2.95. The van der Waals surface area contributed by atoms with Crippen molar-refractivity contribution in [3.8, 4) is 16.9 Å². The molecule has 0 fully saturated rings. The van der Waals surface area contributed by atoms with E-state index in [1.165, 1.54) is 6.20 Å². The lowest BCUT2D eigenvalue weighted by Gasteiger charge is -1.96. The number of hydrogen-bond donors (Lipinski definition) is 1. The zero-order valence-electron chi connectivity index (χ0n) is 6.27. The highest BCUT2D eigenvalue weighted by molar-refractivity contribution is 7.08. The third-order valence-corrected chi connectivity index (χ3v) is 2.26. The highest BCUT2D eigenvalue weighted by Gasteiger charge is 1.98. The molecule has 60 valence electrons. The van der Waals surface area contributed by atoms with Crippen molar-refractivity contribution >= 4 is 11.3 Å². The Balaban J connectivity index is 2.48. The van der Waals surface area contributed by atoms with Crippen LogP contribution in [0.5, 0.6) is 5.75 Å². The van der Waals surface area contributed by atoms with Crippen molar-refractivity contribution in [2.45, 2.75) is 0 Å². The molecule has 0 aliphatic heterocycles. The first kappa shape index (κ1) is 7.31. The second-order valence-corrected chi connectivity index (χ2v) is 3.22. The molecule has 0 unspecified atom stereocenters. The Hall–Kier alpha value is -1.35. The maximum atomic E-state index is 9.15. The molecule has 2 aromatic rings. The van der Waals surface area contributed by atoms with Crippen molar-refractivity contribution in [2.24, 2.45) is 0 Å². The van der Waals surface area contributed by atoms with Crippen molar-refractivity contribution in [1.82, 2.24) is 4.98 Å². The molecule has 2 aromatic heterocycles. The summed E-state index contributed by atoms with van der Waals surface area (Å²) in [6, 6.07) is 3.70. The van der Waals surface area contributed by atoms with Crippen molar-refractivity contribution in [2.75, 3.05) is 0 Å². The first-order chi connectivity index (χ1) is 5.86. The number of aromatic hydroxyl groups is 1. The molecule has 2 nitrogen and oxygen atoms in total. The van der Waals surface area contributed by atoms with Gasteiger partial charge in [0.2, 0.25) is 0 Å². The van der Waals surface area contributed by atoms with E-state index < -0.39 is 0 Å². The third-order valence-electron chi connectivity index (χ3n) is 1.58. The van der Waals surface area contributed by atoms with E-state index in [4.69, 9.17) is 5.11 Å². The molecule has 1 N–H and O–H groups in total. The van der Waals surface area contributed by atoms with Crippen LogP contribution in [0.2, 0.25) is 0 Å². The lowest BCUT2D eigenvalue weighted by atomic mass is 10.1. The monoisotopic (exact) mass is 177 g/mol. The Kier molecular flexibility index (Phi) is 1.80. The summed E-state index contributed by atoms with van der Waals surface area (Å²) in [6.45, 7) is 0. The predicted molar refractivity (Wildman–Crippen MR) is 49.2 cm³/mol.